The molecule has 10 heteroatoms. The molecule has 27 heavy (non-hydrogen) atoms. The van der Waals surface area contributed by atoms with Crippen LogP contribution in [0.2, 0.25) is 0 Å². The van der Waals surface area contributed by atoms with Crippen LogP contribution in [0.5, 0.6) is 5.75 Å². The molecule has 148 valence electrons. The first-order valence-electron chi connectivity index (χ1n) is 8.21. The molecule has 1 saturated heterocycles. The second kappa shape index (κ2) is 8.78. The average molecular weight is 384 g/mol. The van der Waals surface area contributed by atoms with Crippen molar-refractivity contribution in [2.24, 2.45) is 0 Å². The van der Waals surface area contributed by atoms with Gasteiger partial charge in [0, 0.05) is 6.07 Å². The Labute approximate surface area is 155 Å². The molecule has 0 amide bonds. The summed E-state index contributed by atoms with van der Waals surface area (Å²) in [6.07, 6.45) is -1.50. The minimum absolute atomic E-state index is 0.0880. The number of nitrogens with zero attached hydrogens (tertiary/aromatic N) is 2. The molecule has 0 aliphatic carbocycles. The van der Waals surface area contributed by atoms with Gasteiger partial charge in [-0.05, 0) is 32.9 Å². The number of aldehydes is 1. The Morgan fingerprint density at radius 2 is 1.59 bits per heavy atom. The Balaban J connectivity index is 1.75. The van der Waals surface area contributed by atoms with Crippen molar-refractivity contribution < 1.29 is 37.9 Å². The number of hydrogen-bond donors (Lipinski definition) is 0. The van der Waals surface area contributed by atoms with Gasteiger partial charge in [-0.2, -0.15) is 0 Å². The normalized spacial score (nSPS) is 15.7. The molecular formula is C17H21FN2O7. The summed E-state index contributed by atoms with van der Waals surface area (Å²) in [7, 11) is 0. The predicted molar refractivity (Wildman–Crippen MR) is 89.4 cm³/mol. The zero-order chi connectivity index (χ0) is 20.0. The van der Waals surface area contributed by atoms with Crippen molar-refractivity contribution in [2.45, 2.75) is 26.4 Å². The molecule has 0 bridgehead atoms. The highest BCUT2D eigenvalue weighted by molar-refractivity contribution is 5.75. The van der Waals surface area contributed by atoms with Crippen LogP contribution in [-0.2, 0) is 14.4 Å². The maximum Gasteiger partial charge on any atom is 0.533 e. The Bertz CT molecular complexity index is 697. The number of piperazine rings is 1. The SMILES string of the molecule is CC(C)(C)OC(=O)ON1CCN(OC(=O)Oc2ccc(C=O)c(F)c2)CC1. The summed E-state index contributed by atoms with van der Waals surface area (Å²) in [5.41, 5.74) is -0.799. The quantitative estimate of drug-likeness (QED) is 0.441. The largest absolute Gasteiger partial charge is 0.533 e. The molecule has 0 aromatic heterocycles. The maximum atomic E-state index is 13.5. The van der Waals surface area contributed by atoms with Gasteiger partial charge in [0.1, 0.15) is 17.2 Å². The summed E-state index contributed by atoms with van der Waals surface area (Å²) >= 11 is 0. The summed E-state index contributed by atoms with van der Waals surface area (Å²) in [5.74, 6) is -0.891. The van der Waals surface area contributed by atoms with Gasteiger partial charge in [-0.15, -0.1) is 10.1 Å². The summed E-state index contributed by atoms with van der Waals surface area (Å²) in [5, 5.41) is 2.72. The number of hydrogen-bond acceptors (Lipinski definition) is 9. The van der Waals surface area contributed by atoms with Crippen LogP contribution in [0.1, 0.15) is 31.1 Å². The first-order chi connectivity index (χ1) is 12.7. The van der Waals surface area contributed by atoms with Crippen LogP contribution in [0.4, 0.5) is 14.0 Å². The minimum Gasteiger partial charge on any atom is -0.427 e. The summed E-state index contributed by atoms with van der Waals surface area (Å²) in [4.78, 5) is 44.0. The van der Waals surface area contributed by atoms with Crippen LogP contribution in [0.15, 0.2) is 18.2 Å². The second-order valence-electron chi connectivity index (χ2n) is 6.66. The van der Waals surface area contributed by atoms with Gasteiger partial charge in [0.25, 0.3) is 0 Å². The van der Waals surface area contributed by atoms with Crippen molar-refractivity contribution >= 4 is 18.6 Å². The van der Waals surface area contributed by atoms with Crippen LogP contribution in [0, 0.1) is 5.82 Å². The third-order valence-electron chi connectivity index (χ3n) is 3.29. The van der Waals surface area contributed by atoms with Crippen molar-refractivity contribution in [3.05, 3.63) is 29.6 Å². The van der Waals surface area contributed by atoms with Crippen LogP contribution in [0.25, 0.3) is 0 Å². The highest BCUT2D eigenvalue weighted by Crippen LogP contribution is 2.17. The maximum absolute atomic E-state index is 13.5. The number of carbonyl (C=O) groups is 3. The van der Waals surface area contributed by atoms with Crippen molar-refractivity contribution in [3.63, 3.8) is 0 Å². The van der Waals surface area contributed by atoms with Crippen LogP contribution >= 0.6 is 0 Å². The number of rotatable bonds is 4. The van der Waals surface area contributed by atoms with Crippen LogP contribution in [-0.4, -0.2) is 60.5 Å². The van der Waals surface area contributed by atoms with Crippen LogP contribution < -0.4 is 4.74 Å². The van der Waals surface area contributed by atoms with E-state index in [0.717, 1.165) is 6.07 Å². The van der Waals surface area contributed by atoms with Gasteiger partial charge in [0.15, 0.2) is 6.29 Å². The summed E-state index contributed by atoms with van der Waals surface area (Å²) in [6.45, 7) is 6.27. The molecule has 0 unspecified atom stereocenters. The van der Waals surface area contributed by atoms with Gasteiger partial charge in [-0.3, -0.25) is 4.79 Å². The summed E-state index contributed by atoms with van der Waals surface area (Å²) < 4.78 is 23.4. The van der Waals surface area contributed by atoms with E-state index in [4.69, 9.17) is 19.1 Å². The molecule has 9 nitrogen and oxygen atoms in total. The Morgan fingerprint density at radius 1 is 1.04 bits per heavy atom. The molecule has 2 rings (SSSR count). The number of carbonyl (C=O) groups excluding carboxylic acids is 3. The lowest BCUT2D eigenvalue weighted by Crippen LogP contribution is -2.48. The topological polar surface area (TPSA) is 94.6 Å². The third kappa shape index (κ3) is 6.83. The minimum atomic E-state index is -1.05. The van der Waals surface area contributed by atoms with Gasteiger partial charge >= 0.3 is 12.3 Å². The molecule has 0 spiro atoms. The zero-order valence-corrected chi connectivity index (χ0v) is 15.3. The Morgan fingerprint density at radius 3 is 2.07 bits per heavy atom. The van der Waals surface area contributed by atoms with E-state index in [-0.39, 0.29) is 37.5 Å². The van der Waals surface area contributed by atoms with E-state index in [9.17, 15) is 18.8 Å². The lowest BCUT2D eigenvalue weighted by molar-refractivity contribution is -0.204. The summed E-state index contributed by atoms with van der Waals surface area (Å²) in [6, 6.07) is 3.38. The smallest absolute Gasteiger partial charge is 0.427 e. The molecule has 0 N–H and O–H groups in total. The third-order valence-corrected chi connectivity index (χ3v) is 3.29. The van der Waals surface area contributed by atoms with Crippen molar-refractivity contribution in [3.8, 4) is 5.75 Å². The van der Waals surface area contributed by atoms with Gasteiger partial charge in [0.05, 0.1) is 31.7 Å². The predicted octanol–water partition coefficient (Wildman–Crippen LogP) is 2.55. The van der Waals surface area contributed by atoms with Gasteiger partial charge < -0.3 is 19.1 Å². The fraction of sp³-hybridized carbons (Fsp3) is 0.471. The molecule has 1 aliphatic rings. The highest BCUT2D eigenvalue weighted by Gasteiger charge is 2.26. The first kappa shape index (κ1) is 20.6. The lowest BCUT2D eigenvalue weighted by atomic mass is 10.2. The standard InChI is InChI=1S/C17H21FN2O7/c1-17(2,3)25-16(23)27-20-8-6-19(7-9-20)26-15(22)24-13-5-4-12(11-21)14(18)10-13/h4-5,10-11H,6-9H2,1-3H3. The van der Waals surface area contributed by atoms with Crippen molar-refractivity contribution in [2.75, 3.05) is 26.2 Å². The molecule has 1 aliphatic heterocycles. The fourth-order valence-electron chi connectivity index (χ4n) is 2.11. The average Bonchev–Trinajstić information content (AvgIpc) is 2.55. The molecular weight excluding hydrogens is 363 g/mol. The molecule has 1 heterocycles. The number of benzene rings is 1. The molecule has 1 fully saturated rings. The Kier molecular flexibility index (Phi) is 6.70. The first-order valence-corrected chi connectivity index (χ1v) is 8.21. The van der Waals surface area contributed by atoms with E-state index in [1.54, 1.807) is 20.8 Å². The van der Waals surface area contributed by atoms with Crippen LogP contribution in [0.3, 0.4) is 0 Å². The molecule has 0 saturated carbocycles. The molecule has 0 atom stereocenters. The zero-order valence-electron chi connectivity index (χ0n) is 15.3. The van der Waals surface area contributed by atoms with E-state index in [1.807, 2.05) is 0 Å². The number of hydroxylamine groups is 4. The van der Waals surface area contributed by atoms with Crippen molar-refractivity contribution in [1.29, 1.82) is 0 Å². The van der Waals surface area contributed by atoms with Gasteiger partial charge in [0.2, 0.25) is 0 Å². The van der Waals surface area contributed by atoms with Crippen molar-refractivity contribution in [1.82, 2.24) is 10.1 Å². The van der Waals surface area contributed by atoms with E-state index in [0.29, 0.717) is 6.29 Å². The Hall–Kier alpha value is -2.72. The number of ether oxygens (including phenoxy) is 2. The number of halogens is 1. The molecule has 1 aromatic rings. The highest BCUT2D eigenvalue weighted by atomic mass is 19.1. The van der Waals surface area contributed by atoms with E-state index < -0.39 is 23.7 Å². The van der Waals surface area contributed by atoms with E-state index >= 15 is 0 Å². The van der Waals surface area contributed by atoms with E-state index in [2.05, 4.69) is 0 Å². The lowest BCUT2D eigenvalue weighted by Gasteiger charge is -2.31. The second-order valence-corrected chi connectivity index (χ2v) is 6.66. The molecule has 0 radical (unpaired) electrons. The fourth-order valence-corrected chi connectivity index (χ4v) is 2.11. The monoisotopic (exact) mass is 384 g/mol. The van der Waals surface area contributed by atoms with Gasteiger partial charge in [-0.1, -0.05) is 0 Å². The molecule has 1 aromatic carbocycles. The van der Waals surface area contributed by atoms with E-state index in [1.165, 1.54) is 22.3 Å². The van der Waals surface area contributed by atoms with Gasteiger partial charge in [-0.25, -0.2) is 14.0 Å².